The fourth-order valence-corrected chi connectivity index (χ4v) is 13.2. The molecule has 6 bridgehead atoms. The maximum Gasteiger partial charge on any atom is 0.312 e. The molecule has 2 spiro atoms. The zero-order valence-electron chi connectivity index (χ0n) is 25.8. The molecule has 0 radical (unpaired) electrons. The lowest BCUT2D eigenvalue weighted by Gasteiger charge is -2.72. The topological polar surface area (TPSA) is 138 Å². The minimum atomic E-state index is -0.905. The third kappa shape index (κ3) is 3.66. The summed E-state index contributed by atoms with van der Waals surface area (Å²) in [5, 5.41) is 22.2. The van der Waals surface area contributed by atoms with Crippen molar-refractivity contribution in [2.45, 2.75) is 107 Å². The predicted molar refractivity (Wildman–Crippen MR) is 150 cm³/mol. The number of aliphatic hydroxyl groups is 2. The lowest BCUT2D eigenvalue weighted by Crippen LogP contribution is -2.72. The molecule has 10 nitrogen and oxygen atoms in total. The van der Waals surface area contributed by atoms with E-state index < -0.39 is 33.2 Å². The molecule has 10 fully saturated rings. The second-order valence-electron chi connectivity index (χ2n) is 17.3. The van der Waals surface area contributed by atoms with E-state index in [1.165, 1.54) is 7.11 Å². The van der Waals surface area contributed by atoms with Gasteiger partial charge in [0.1, 0.15) is 13.2 Å². The van der Waals surface area contributed by atoms with Crippen LogP contribution >= 0.6 is 0 Å². The van der Waals surface area contributed by atoms with Crippen LogP contribution in [-0.2, 0) is 38.1 Å². The van der Waals surface area contributed by atoms with Gasteiger partial charge in [-0.25, -0.2) is 0 Å². The minimum Gasteiger partial charge on any atom is -0.469 e. The molecule has 9 saturated carbocycles. The van der Waals surface area contributed by atoms with Crippen LogP contribution in [0.2, 0.25) is 0 Å². The molecule has 1 heterocycles. The molecule has 44 heavy (non-hydrogen) atoms. The highest BCUT2D eigenvalue weighted by Crippen LogP contribution is 2.87. The van der Waals surface area contributed by atoms with Crippen molar-refractivity contribution in [2.24, 2.45) is 51.2 Å². The molecule has 0 aromatic carbocycles. The van der Waals surface area contributed by atoms with E-state index >= 15 is 0 Å². The monoisotopic (exact) mass is 614 g/mol. The SMILES string of the molecule is COC(=O)C1CCC2(C1)OCC(COC(=O)C13CC4CC(CC(O)(C4)C1)C3)(COC(=O)C13CC4CC5(O)CC(C1)C43C5)CO2. The number of hydrogen-bond acceptors (Lipinski definition) is 10. The molecule has 10 aliphatic rings. The summed E-state index contributed by atoms with van der Waals surface area (Å²) in [5.41, 5.74) is -3.54. The first-order valence-corrected chi connectivity index (χ1v) is 17.0. The van der Waals surface area contributed by atoms with E-state index in [1.807, 2.05) is 0 Å². The summed E-state index contributed by atoms with van der Waals surface area (Å²) in [6.45, 7) is 0.350. The lowest BCUT2D eigenvalue weighted by molar-refractivity contribution is -0.314. The summed E-state index contributed by atoms with van der Waals surface area (Å²) < 4.78 is 30.0. The Labute approximate surface area is 257 Å². The van der Waals surface area contributed by atoms with Crippen molar-refractivity contribution < 1.29 is 48.3 Å². The molecule has 10 rings (SSSR count). The van der Waals surface area contributed by atoms with Crippen molar-refractivity contribution in [3.63, 3.8) is 0 Å². The van der Waals surface area contributed by atoms with Crippen molar-refractivity contribution in [3.05, 3.63) is 0 Å². The molecule has 5 atom stereocenters. The Balaban J connectivity index is 0.911. The van der Waals surface area contributed by atoms with Gasteiger partial charge >= 0.3 is 17.9 Å². The van der Waals surface area contributed by atoms with E-state index in [-0.39, 0.29) is 55.7 Å². The van der Waals surface area contributed by atoms with Gasteiger partial charge in [-0.05, 0) is 106 Å². The third-order valence-electron chi connectivity index (χ3n) is 14.5. The first-order chi connectivity index (χ1) is 20.9. The van der Waals surface area contributed by atoms with Crippen LogP contribution in [0.4, 0.5) is 0 Å². The highest BCUT2D eigenvalue weighted by molar-refractivity contribution is 5.82. The smallest absolute Gasteiger partial charge is 0.312 e. The Morgan fingerprint density at radius 3 is 1.98 bits per heavy atom. The Morgan fingerprint density at radius 2 is 1.39 bits per heavy atom. The fraction of sp³-hybridized carbons (Fsp3) is 0.912. The molecule has 1 aliphatic heterocycles. The molecule has 10 heteroatoms. The largest absolute Gasteiger partial charge is 0.469 e. The minimum absolute atomic E-state index is 0.00568. The summed E-state index contributed by atoms with van der Waals surface area (Å²) in [6.07, 6.45) is 10.0. The Kier molecular flexibility index (Phi) is 5.68. The van der Waals surface area contributed by atoms with E-state index in [9.17, 15) is 24.6 Å². The Hall–Kier alpha value is -1.75. The summed E-state index contributed by atoms with van der Waals surface area (Å²) in [4.78, 5) is 39.9. The van der Waals surface area contributed by atoms with Gasteiger partial charge in [-0.15, -0.1) is 0 Å². The average molecular weight is 615 g/mol. The van der Waals surface area contributed by atoms with Gasteiger partial charge in [-0.3, -0.25) is 14.4 Å². The second-order valence-corrected chi connectivity index (χ2v) is 17.3. The fourth-order valence-electron chi connectivity index (χ4n) is 13.2. The van der Waals surface area contributed by atoms with Crippen molar-refractivity contribution in [3.8, 4) is 0 Å². The zero-order valence-corrected chi connectivity index (χ0v) is 25.8. The third-order valence-corrected chi connectivity index (χ3v) is 14.5. The molecule has 0 aromatic rings. The van der Waals surface area contributed by atoms with Gasteiger partial charge in [-0.1, -0.05) is 0 Å². The average Bonchev–Trinajstić information content (AvgIpc) is 3.60. The number of fused-ring (bicyclic) bond motifs is 1. The molecule has 0 amide bonds. The number of methoxy groups -OCH3 is 1. The van der Waals surface area contributed by atoms with Crippen molar-refractivity contribution in [1.82, 2.24) is 0 Å². The van der Waals surface area contributed by atoms with Gasteiger partial charge in [0, 0.05) is 12.8 Å². The summed E-state index contributed by atoms with van der Waals surface area (Å²) >= 11 is 0. The quantitative estimate of drug-likeness (QED) is 0.325. The van der Waals surface area contributed by atoms with Crippen LogP contribution in [0.1, 0.15) is 89.9 Å². The number of ether oxygens (including phenoxy) is 5. The number of rotatable bonds is 7. The summed E-state index contributed by atoms with van der Waals surface area (Å²) in [5.74, 6) is -0.404. The second kappa shape index (κ2) is 8.78. The van der Waals surface area contributed by atoms with Crippen molar-refractivity contribution in [1.29, 1.82) is 0 Å². The molecule has 2 N–H and O–H groups in total. The molecular formula is C34H46O10. The number of hydrogen-bond donors (Lipinski definition) is 2. The van der Waals surface area contributed by atoms with Crippen LogP contribution in [0.15, 0.2) is 0 Å². The zero-order chi connectivity index (χ0) is 30.4. The first-order valence-electron chi connectivity index (χ1n) is 17.0. The van der Waals surface area contributed by atoms with Gasteiger partial charge in [0.05, 0.1) is 53.7 Å². The van der Waals surface area contributed by atoms with Gasteiger partial charge in [-0.2, -0.15) is 0 Å². The molecular weight excluding hydrogens is 568 g/mol. The van der Waals surface area contributed by atoms with E-state index in [4.69, 9.17) is 23.7 Å². The number of esters is 3. The van der Waals surface area contributed by atoms with Crippen molar-refractivity contribution >= 4 is 17.9 Å². The van der Waals surface area contributed by atoms with Crippen LogP contribution in [0, 0.1) is 51.2 Å². The molecule has 0 aromatic heterocycles. The van der Waals surface area contributed by atoms with E-state index in [1.54, 1.807) is 0 Å². The maximum atomic E-state index is 13.8. The van der Waals surface area contributed by atoms with Gasteiger partial charge in [0.15, 0.2) is 5.79 Å². The van der Waals surface area contributed by atoms with Crippen LogP contribution in [0.3, 0.4) is 0 Å². The summed E-state index contributed by atoms with van der Waals surface area (Å²) in [6, 6.07) is 0. The standard InChI is InChI=1S/C34H46O10/c1-40-25(35)22-2-3-33(9-22)43-18-28(19-44-33,16-41-26(36)29-5-20-4-21(6-29)8-30(38,7-20)14-29)17-42-27(37)32-12-23-10-31(39)11-24(13-32)34(23,32)15-31/h20-24,38-39H,2-19H2,1H3. The molecule has 1 saturated heterocycles. The highest BCUT2D eigenvalue weighted by Gasteiger charge is 2.87. The lowest BCUT2D eigenvalue weighted by atomic mass is 9.30. The van der Waals surface area contributed by atoms with Crippen LogP contribution in [-0.4, -0.2) is 78.6 Å². The molecule has 9 aliphatic carbocycles. The highest BCUT2D eigenvalue weighted by atomic mass is 16.7. The normalized spacial score (nSPS) is 55.3. The number of carbonyl (C=O) groups excluding carboxylic acids is 3. The maximum absolute atomic E-state index is 13.8. The van der Waals surface area contributed by atoms with Gasteiger partial charge in [0.2, 0.25) is 0 Å². The van der Waals surface area contributed by atoms with Crippen LogP contribution in [0.5, 0.6) is 0 Å². The van der Waals surface area contributed by atoms with Gasteiger partial charge < -0.3 is 33.9 Å². The van der Waals surface area contributed by atoms with Crippen LogP contribution < -0.4 is 0 Å². The Morgan fingerprint density at radius 1 is 0.773 bits per heavy atom. The summed E-state index contributed by atoms with van der Waals surface area (Å²) in [7, 11) is 1.39. The first kappa shape index (κ1) is 28.5. The van der Waals surface area contributed by atoms with E-state index in [0.29, 0.717) is 55.8 Å². The molecule has 242 valence electrons. The molecule has 5 unspecified atom stereocenters. The number of carbonyl (C=O) groups is 3. The van der Waals surface area contributed by atoms with Gasteiger partial charge in [0.25, 0.3) is 0 Å². The van der Waals surface area contributed by atoms with E-state index in [2.05, 4.69) is 0 Å². The predicted octanol–water partition coefficient (Wildman–Crippen LogP) is 3.05. The van der Waals surface area contributed by atoms with Crippen molar-refractivity contribution in [2.75, 3.05) is 33.5 Å². The van der Waals surface area contributed by atoms with E-state index in [0.717, 1.165) is 57.8 Å². The Bertz CT molecular complexity index is 1270. The van der Waals surface area contributed by atoms with Crippen LogP contribution in [0.25, 0.3) is 0 Å².